The average Bonchev–Trinajstić information content (AvgIpc) is 2.96. The number of rotatable bonds is 6. The van der Waals surface area contributed by atoms with Crippen LogP contribution in [0.15, 0.2) is 6.20 Å². The van der Waals surface area contributed by atoms with Crippen LogP contribution in [0.3, 0.4) is 0 Å². The van der Waals surface area contributed by atoms with Gasteiger partial charge in [-0.05, 0) is 18.8 Å². The van der Waals surface area contributed by atoms with Gasteiger partial charge < -0.3 is 14.6 Å². The summed E-state index contributed by atoms with van der Waals surface area (Å²) in [5.41, 5.74) is 0.681. The molecule has 1 N–H and O–H groups in total. The Balaban J connectivity index is 2.02. The lowest BCUT2D eigenvalue weighted by molar-refractivity contribution is 0.118. The van der Waals surface area contributed by atoms with E-state index in [1.807, 2.05) is 0 Å². The fourth-order valence-corrected chi connectivity index (χ4v) is 2.52. The maximum absolute atomic E-state index is 10.3. The molecule has 0 bridgehead atoms. The number of hydrogen-bond acceptors (Lipinski definition) is 4. The first kappa shape index (κ1) is 13.8. The van der Waals surface area contributed by atoms with Crippen LogP contribution in [0.2, 0.25) is 5.02 Å². The van der Waals surface area contributed by atoms with Crippen LogP contribution in [0.4, 0.5) is 0 Å². The van der Waals surface area contributed by atoms with Gasteiger partial charge in [0.1, 0.15) is 0 Å². The maximum atomic E-state index is 10.3. The first-order valence-corrected chi connectivity index (χ1v) is 6.56. The number of aliphatic hydroxyl groups is 1. The summed E-state index contributed by atoms with van der Waals surface area (Å²) < 4.78 is 12.0. The second-order valence-corrected chi connectivity index (χ2v) is 4.98. The lowest BCUT2D eigenvalue weighted by Crippen LogP contribution is -2.15. The molecule has 1 aliphatic heterocycles. The predicted molar refractivity (Wildman–Crippen MR) is 67.6 cm³/mol. The van der Waals surface area contributed by atoms with Crippen LogP contribution >= 0.6 is 11.6 Å². The van der Waals surface area contributed by atoms with Gasteiger partial charge in [0.2, 0.25) is 0 Å². The molecule has 0 spiro atoms. The Bertz CT molecular complexity index is 377. The number of aliphatic hydroxyl groups excluding tert-OH is 1. The highest BCUT2D eigenvalue weighted by molar-refractivity contribution is 6.31. The van der Waals surface area contributed by atoms with Crippen molar-refractivity contribution in [3.8, 4) is 0 Å². The first-order chi connectivity index (χ1) is 8.72. The number of halogens is 1. The minimum atomic E-state index is -0.594. The predicted octanol–water partition coefficient (Wildman–Crippen LogP) is 1.64. The van der Waals surface area contributed by atoms with Crippen molar-refractivity contribution >= 4 is 11.6 Å². The number of methoxy groups -OCH3 is 1. The fourth-order valence-electron chi connectivity index (χ4n) is 2.26. The fraction of sp³-hybridized carbons (Fsp3) is 0.750. The summed E-state index contributed by atoms with van der Waals surface area (Å²) in [6.07, 6.45) is 2.64. The lowest BCUT2D eigenvalue weighted by Gasteiger charge is -2.16. The normalized spacial score (nSPS) is 21.4. The van der Waals surface area contributed by atoms with Crippen molar-refractivity contribution in [3.63, 3.8) is 0 Å². The zero-order chi connectivity index (χ0) is 13.0. The van der Waals surface area contributed by atoms with Gasteiger partial charge in [-0.25, -0.2) is 0 Å². The van der Waals surface area contributed by atoms with Crippen molar-refractivity contribution in [2.45, 2.75) is 25.5 Å². The molecule has 1 aromatic rings. The van der Waals surface area contributed by atoms with Gasteiger partial charge in [-0.2, -0.15) is 5.10 Å². The highest BCUT2D eigenvalue weighted by atomic mass is 35.5. The van der Waals surface area contributed by atoms with Crippen LogP contribution in [-0.4, -0.2) is 41.8 Å². The molecule has 0 aromatic carbocycles. The molecular weight excluding hydrogens is 256 g/mol. The number of aromatic nitrogens is 2. The molecule has 102 valence electrons. The van der Waals surface area contributed by atoms with E-state index >= 15 is 0 Å². The van der Waals surface area contributed by atoms with E-state index in [1.54, 1.807) is 18.0 Å². The van der Waals surface area contributed by atoms with Gasteiger partial charge in [-0.3, -0.25) is 4.68 Å². The highest BCUT2D eigenvalue weighted by Crippen LogP contribution is 2.30. The van der Waals surface area contributed by atoms with Crippen molar-refractivity contribution in [2.24, 2.45) is 5.92 Å². The largest absolute Gasteiger partial charge is 0.387 e. The van der Waals surface area contributed by atoms with Crippen LogP contribution in [0.5, 0.6) is 0 Å². The molecule has 5 nitrogen and oxygen atoms in total. The molecule has 0 aliphatic carbocycles. The van der Waals surface area contributed by atoms with Crippen LogP contribution in [-0.2, 0) is 16.0 Å². The van der Waals surface area contributed by atoms with Gasteiger partial charge in [0.25, 0.3) is 0 Å². The smallest absolute Gasteiger partial charge is 0.0975 e. The molecule has 0 saturated carbocycles. The average molecular weight is 275 g/mol. The van der Waals surface area contributed by atoms with Crippen molar-refractivity contribution in [2.75, 3.05) is 26.9 Å². The van der Waals surface area contributed by atoms with Gasteiger partial charge in [0.05, 0.1) is 36.2 Å². The molecule has 6 heteroatoms. The summed E-state index contributed by atoms with van der Waals surface area (Å²) in [4.78, 5) is 0. The standard InChI is InChI=1S/C12H19ClN2O3/c1-17-5-3-15-12(10(13)7-14-15)11(16)6-9-2-4-18-8-9/h7,9,11,16H,2-6,8H2,1H3. The Kier molecular flexibility index (Phi) is 5.00. The summed E-state index contributed by atoms with van der Waals surface area (Å²) in [5.74, 6) is 0.404. The van der Waals surface area contributed by atoms with E-state index in [9.17, 15) is 5.11 Å². The summed E-state index contributed by atoms with van der Waals surface area (Å²) in [5, 5.41) is 15.0. The van der Waals surface area contributed by atoms with E-state index < -0.39 is 6.10 Å². The Morgan fingerprint density at radius 3 is 3.22 bits per heavy atom. The molecule has 2 heterocycles. The number of nitrogens with zero attached hydrogens (tertiary/aromatic N) is 2. The topological polar surface area (TPSA) is 56.5 Å². The third-order valence-corrected chi connectivity index (χ3v) is 3.53. The van der Waals surface area contributed by atoms with E-state index in [0.29, 0.717) is 36.2 Å². The van der Waals surface area contributed by atoms with Crippen LogP contribution < -0.4 is 0 Å². The van der Waals surface area contributed by atoms with Gasteiger partial charge in [-0.1, -0.05) is 11.6 Å². The molecule has 0 amide bonds. The Morgan fingerprint density at radius 2 is 2.56 bits per heavy atom. The quantitative estimate of drug-likeness (QED) is 0.857. The van der Waals surface area contributed by atoms with Crippen molar-refractivity contribution in [3.05, 3.63) is 16.9 Å². The van der Waals surface area contributed by atoms with Gasteiger partial charge in [-0.15, -0.1) is 0 Å². The zero-order valence-corrected chi connectivity index (χ0v) is 11.3. The maximum Gasteiger partial charge on any atom is 0.0975 e. The minimum Gasteiger partial charge on any atom is -0.387 e. The van der Waals surface area contributed by atoms with E-state index in [1.165, 1.54) is 0 Å². The summed E-state index contributed by atoms with van der Waals surface area (Å²) in [6, 6.07) is 0. The van der Waals surface area contributed by atoms with Crippen LogP contribution in [0.1, 0.15) is 24.6 Å². The van der Waals surface area contributed by atoms with E-state index in [2.05, 4.69) is 5.10 Å². The SMILES string of the molecule is COCCn1ncc(Cl)c1C(O)CC1CCOC1. The minimum absolute atomic E-state index is 0.404. The molecule has 1 aliphatic rings. The summed E-state index contributed by atoms with van der Waals surface area (Å²) in [6.45, 7) is 2.65. The van der Waals surface area contributed by atoms with Gasteiger partial charge >= 0.3 is 0 Å². The van der Waals surface area contributed by atoms with Gasteiger partial charge in [0.15, 0.2) is 0 Å². The Morgan fingerprint density at radius 1 is 1.72 bits per heavy atom. The highest BCUT2D eigenvalue weighted by Gasteiger charge is 2.24. The van der Waals surface area contributed by atoms with Crippen molar-refractivity contribution < 1.29 is 14.6 Å². The van der Waals surface area contributed by atoms with E-state index in [0.717, 1.165) is 19.6 Å². The molecule has 1 fully saturated rings. The zero-order valence-electron chi connectivity index (χ0n) is 10.5. The van der Waals surface area contributed by atoms with Gasteiger partial charge in [0, 0.05) is 20.3 Å². The molecule has 0 radical (unpaired) electrons. The molecule has 1 aromatic heterocycles. The molecule has 2 atom stereocenters. The third kappa shape index (κ3) is 3.23. The Labute approximate surface area is 112 Å². The number of hydrogen-bond donors (Lipinski definition) is 1. The molecule has 1 saturated heterocycles. The summed E-state index contributed by atoms with van der Waals surface area (Å²) >= 11 is 6.09. The van der Waals surface area contributed by atoms with Crippen molar-refractivity contribution in [1.82, 2.24) is 9.78 Å². The van der Waals surface area contributed by atoms with Crippen LogP contribution in [0.25, 0.3) is 0 Å². The second-order valence-electron chi connectivity index (χ2n) is 4.57. The molecule has 18 heavy (non-hydrogen) atoms. The summed E-state index contributed by atoms with van der Waals surface area (Å²) in [7, 11) is 1.64. The molecule has 2 rings (SSSR count). The third-order valence-electron chi connectivity index (χ3n) is 3.24. The second kappa shape index (κ2) is 6.52. The van der Waals surface area contributed by atoms with E-state index in [-0.39, 0.29) is 0 Å². The lowest BCUT2D eigenvalue weighted by atomic mass is 9.99. The Hall–Kier alpha value is -0.620. The monoisotopic (exact) mass is 274 g/mol. The number of ether oxygens (including phenoxy) is 2. The van der Waals surface area contributed by atoms with E-state index in [4.69, 9.17) is 21.1 Å². The van der Waals surface area contributed by atoms with Crippen LogP contribution in [0, 0.1) is 5.92 Å². The first-order valence-electron chi connectivity index (χ1n) is 6.18. The molecule has 2 unspecified atom stereocenters. The molecular formula is C12H19ClN2O3. The van der Waals surface area contributed by atoms with Crippen molar-refractivity contribution in [1.29, 1.82) is 0 Å².